The number of likely N-dealkylation sites (tertiary alicyclic amines) is 1. The Morgan fingerprint density at radius 3 is 2.35 bits per heavy atom. The highest BCUT2D eigenvalue weighted by Crippen LogP contribution is 2.31. The van der Waals surface area contributed by atoms with E-state index in [9.17, 15) is 19.2 Å². The van der Waals surface area contributed by atoms with E-state index in [-0.39, 0.29) is 17.9 Å². The summed E-state index contributed by atoms with van der Waals surface area (Å²) in [6, 6.07) is -0.745. The van der Waals surface area contributed by atoms with Crippen LogP contribution in [0.5, 0.6) is 0 Å². The number of rotatable bonds is 5. The maximum absolute atomic E-state index is 11.9. The standard InChI is InChI=1S/C14H19NO5/c1-8(7-16)12-11(9(2)17)13(19)15(12)6-10(18)20-14(3,4)5/h7,11-12H,1,6H2,2-5H3. The minimum absolute atomic E-state index is 0.105. The van der Waals surface area contributed by atoms with Crippen molar-refractivity contribution >= 4 is 23.9 Å². The number of nitrogens with zero attached hydrogens (tertiary/aromatic N) is 1. The topological polar surface area (TPSA) is 80.8 Å². The predicted molar refractivity (Wildman–Crippen MR) is 70.7 cm³/mol. The van der Waals surface area contributed by atoms with E-state index in [1.807, 2.05) is 0 Å². The minimum atomic E-state index is -0.921. The third-order valence-corrected chi connectivity index (χ3v) is 2.89. The number of carbonyl (C=O) groups is 4. The second-order valence-electron chi connectivity index (χ2n) is 5.78. The van der Waals surface area contributed by atoms with Gasteiger partial charge in [0.05, 0.1) is 6.04 Å². The number of ketones is 1. The second-order valence-corrected chi connectivity index (χ2v) is 5.78. The quantitative estimate of drug-likeness (QED) is 0.241. The van der Waals surface area contributed by atoms with E-state index in [0.717, 1.165) is 4.90 Å². The van der Waals surface area contributed by atoms with Crippen LogP contribution in [0.3, 0.4) is 0 Å². The number of hydrogen-bond acceptors (Lipinski definition) is 5. The molecule has 0 N–H and O–H groups in total. The summed E-state index contributed by atoms with van der Waals surface area (Å²) in [6.07, 6.45) is 0.495. The molecule has 1 amide bonds. The van der Waals surface area contributed by atoms with Gasteiger partial charge in [-0.25, -0.2) is 0 Å². The Labute approximate surface area is 117 Å². The number of esters is 1. The summed E-state index contributed by atoms with van der Waals surface area (Å²) in [5.41, 5.74) is -0.560. The van der Waals surface area contributed by atoms with Gasteiger partial charge in [-0.3, -0.25) is 19.2 Å². The number of carbonyl (C=O) groups excluding carboxylic acids is 4. The zero-order valence-electron chi connectivity index (χ0n) is 12.1. The molecule has 0 aliphatic carbocycles. The van der Waals surface area contributed by atoms with Crippen molar-refractivity contribution in [3.8, 4) is 0 Å². The molecule has 1 aliphatic heterocycles. The average Bonchev–Trinajstić information content (AvgIpc) is 2.28. The number of amides is 1. The monoisotopic (exact) mass is 281 g/mol. The maximum Gasteiger partial charge on any atom is 0.326 e. The van der Waals surface area contributed by atoms with Gasteiger partial charge in [-0.2, -0.15) is 0 Å². The molecule has 0 radical (unpaired) electrons. The molecule has 0 bridgehead atoms. The van der Waals surface area contributed by atoms with Crippen LogP contribution in [0.1, 0.15) is 27.7 Å². The summed E-state index contributed by atoms with van der Waals surface area (Å²) in [7, 11) is 0. The molecule has 0 aromatic heterocycles. The molecule has 6 nitrogen and oxygen atoms in total. The first-order valence-electron chi connectivity index (χ1n) is 6.25. The Kier molecular flexibility index (Phi) is 4.47. The van der Waals surface area contributed by atoms with E-state index >= 15 is 0 Å². The summed E-state index contributed by atoms with van der Waals surface area (Å²) in [4.78, 5) is 47.0. The average molecular weight is 281 g/mol. The predicted octanol–water partition coefficient (Wildman–Crippen LogP) is 0.499. The van der Waals surface area contributed by atoms with E-state index < -0.39 is 29.4 Å². The molecule has 0 aromatic carbocycles. The molecule has 110 valence electrons. The normalized spacial score (nSPS) is 22.0. The first kappa shape index (κ1) is 16.1. The van der Waals surface area contributed by atoms with Crippen molar-refractivity contribution in [1.82, 2.24) is 4.90 Å². The van der Waals surface area contributed by atoms with E-state index in [1.54, 1.807) is 20.8 Å². The van der Waals surface area contributed by atoms with Crippen molar-refractivity contribution in [1.29, 1.82) is 0 Å². The smallest absolute Gasteiger partial charge is 0.326 e. The number of hydrogen-bond donors (Lipinski definition) is 0. The summed E-state index contributed by atoms with van der Waals surface area (Å²) in [5.74, 6) is -2.33. The van der Waals surface area contributed by atoms with Gasteiger partial charge in [-0.1, -0.05) is 6.58 Å². The van der Waals surface area contributed by atoms with Crippen molar-refractivity contribution in [3.05, 3.63) is 12.2 Å². The lowest BCUT2D eigenvalue weighted by Gasteiger charge is -2.45. The highest BCUT2D eigenvalue weighted by atomic mass is 16.6. The molecular weight excluding hydrogens is 262 g/mol. The Balaban J connectivity index is 2.81. The van der Waals surface area contributed by atoms with Gasteiger partial charge in [0.2, 0.25) is 5.91 Å². The molecule has 1 fully saturated rings. The zero-order chi connectivity index (χ0) is 15.7. The van der Waals surface area contributed by atoms with Gasteiger partial charge in [0, 0.05) is 5.57 Å². The molecule has 20 heavy (non-hydrogen) atoms. The van der Waals surface area contributed by atoms with Crippen molar-refractivity contribution in [3.63, 3.8) is 0 Å². The number of Topliss-reactive ketones (excluding diaryl/α,β-unsaturated/α-hetero) is 1. The third kappa shape index (κ3) is 3.31. The number of ether oxygens (including phenoxy) is 1. The largest absolute Gasteiger partial charge is 0.459 e. The molecule has 1 heterocycles. The lowest BCUT2D eigenvalue weighted by molar-refractivity contribution is -0.170. The Bertz CT molecular complexity index is 474. The Morgan fingerprint density at radius 1 is 1.40 bits per heavy atom. The Morgan fingerprint density at radius 2 is 1.95 bits per heavy atom. The van der Waals surface area contributed by atoms with Gasteiger partial charge in [0.25, 0.3) is 0 Å². The minimum Gasteiger partial charge on any atom is -0.459 e. The maximum atomic E-state index is 11.9. The van der Waals surface area contributed by atoms with E-state index in [4.69, 9.17) is 4.74 Å². The summed E-state index contributed by atoms with van der Waals surface area (Å²) < 4.78 is 5.11. The van der Waals surface area contributed by atoms with Gasteiger partial charge in [-0.05, 0) is 27.7 Å². The van der Waals surface area contributed by atoms with Crippen LogP contribution in [0, 0.1) is 5.92 Å². The van der Waals surface area contributed by atoms with Crippen molar-refractivity contribution in [2.75, 3.05) is 6.54 Å². The van der Waals surface area contributed by atoms with Crippen LogP contribution in [0.25, 0.3) is 0 Å². The highest BCUT2D eigenvalue weighted by molar-refractivity contribution is 6.08. The molecule has 0 spiro atoms. The summed E-state index contributed by atoms with van der Waals surface area (Å²) >= 11 is 0. The van der Waals surface area contributed by atoms with Crippen LogP contribution in [0.2, 0.25) is 0 Å². The fraction of sp³-hybridized carbons (Fsp3) is 0.571. The SMILES string of the molecule is C=C(C=O)C1C(C(C)=O)C(=O)N1CC(=O)OC(C)(C)C. The van der Waals surface area contributed by atoms with Crippen LogP contribution in [0.15, 0.2) is 12.2 Å². The fourth-order valence-corrected chi connectivity index (χ4v) is 2.12. The summed E-state index contributed by atoms with van der Waals surface area (Å²) in [5, 5.41) is 0. The van der Waals surface area contributed by atoms with Crippen molar-refractivity contribution in [2.24, 2.45) is 5.92 Å². The Hall–Kier alpha value is -1.98. The molecule has 0 saturated carbocycles. The van der Waals surface area contributed by atoms with Crippen molar-refractivity contribution in [2.45, 2.75) is 39.3 Å². The van der Waals surface area contributed by atoms with E-state index in [0.29, 0.717) is 6.29 Å². The second kappa shape index (κ2) is 5.56. The first-order valence-corrected chi connectivity index (χ1v) is 6.25. The molecule has 6 heteroatoms. The van der Waals surface area contributed by atoms with Gasteiger partial charge in [0.1, 0.15) is 30.1 Å². The van der Waals surface area contributed by atoms with Gasteiger partial charge in [0.15, 0.2) is 0 Å². The third-order valence-electron chi connectivity index (χ3n) is 2.89. The van der Waals surface area contributed by atoms with Crippen LogP contribution in [-0.2, 0) is 23.9 Å². The summed E-state index contributed by atoms with van der Waals surface area (Å²) in [6.45, 7) is 9.64. The molecule has 1 rings (SSSR count). The van der Waals surface area contributed by atoms with E-state index in [1.165, 1.54) is 6.92 Å². The molecule has 1 saturated heterocycles. The number of aldehydes is 1. The lowest BCUT2D eigenvalue weighted by Crippen LogP contribution is -2.65. The number of β-lactam (4-membered cyclic amide) rings is 1. The molecule has 2 unspecified atom stereocenters. The molecule has 2 atom stereocenters. The van der Waals surface area contributed by atoms with Gasteiger partial charge >= 0.3 is 5.97 Å². The van der Waals surface area contributed by atoms with Crippen LogP contribution >= 0.6 is 0 Å². The van der Waals surface area contributed by atoms with E-state index in [2.05, 4.69) is 6.58 Å². The fourth-order valence-electron chi connectivity index (χ4n) is 2.12. The van der Waals surface area contributed by atoms with Crippen LogP contribution in [-0.4, -0.2) is 47.0 Å². The molecule has 1 aliphatic rings. The van der Waals surface area contributed by atoms with Crippen LogP contribution < -0.4 is 0 Å². The zero-order valence-corrected chi connectivity index (χ0v) is 12.1. The molecular formula is C14H19NO5. The lowest BCUT2D eigenvalue weighted by atomic mass is 9.80. The molecule has 0 aromatic rings. The first-order chi connectivity index (χ1) is 9.08. The van der Waals surface area contributed by atoms with Gasteiger partial charge in [-0.15, -0.1) is 0 Å². The van der Waals surface area contributed by atoms with Gasteiger partial charge < -0.3 is 9.64 Å². The van der Waals surface area contributed by atoms with Crippen LogP contribution in [0.4, 0.5) is 0 Å². The van der Waals surface area contributed by atoms with Crippen molar-refractivity contribution < 1.29 is 23.9 Å². The highest BCUT2D eigenvalue weighted by Gasteiger charge is 2.51.